The number of aromatic amines is 1. The van der Waals surface area contributed by atoms with Gasteiger partial charge in [0.05, 0.1) is 25.0 Å². The van der Waals surface area contributed by atoms with Crippen molar-refractivity contribution in [3.8, 4) is 0 Å². The minimum atomic E-state index is -0.210. The van der Waals surface area contributed by atoms with E-state index >= 15 is 0 Å². The first-order chi connectivity index (χ1) is 13.6. The molecule has 0 spiro atoms. The number of hydrogen-bond donors (Lipinski definition) is 2. The second-order valence-electron chi connectivity index (χ2n) is 7.43. The molecule has 5 heterocycles. The van der Waals surface area contributed by atoms with Gasteiger partial charge in [0.25, 0.3) is 11.8 Å². The summed E-state index contributed by atoms with van der Waals surface area (Å²) in [5.41, 5.74) is 1.68. The summed E-state index contributed by atoms with van der Waals surface area (Å²) < 4.78 is 1.58. The molecule has 0 saturated carbocycles. The van der Waals surface area contributed by atoms with Crippen molar-refractivity contribution in [2.24, 2.45) is 0 Å². The van der Waals surface area contributed by atoms with Crippen LogP contribution in [0.3, 0.4) is 0 Å². The predicted octanol–water partition coefficient (Wildman–Crippen LogP) is -0.592. The number of fused-ring (bicyclic) bond motifs is 2. The molecule has 3 amide bonds. The fraction of sp³-hybridized carbons (Fsp3) is 0.500. The van der Waals surface area contributed by atoms with Gasteiger partial charge >= 0.3 is 0 Å². The molecule has 28 heavy (non-hydrogen) atoms. The molecular formula is C18H21N7O3. The van der Waals surface area contributed by atoms with Gasteiger partial charge in [0.1, 0.15) is 5.69 Å². The highest BCUT2D eigenvalue weighted by molar-refractivity contribution is 5.98. The van der Waals surface area contributed by atoms with Crippen molar-refractivity contribution in [1.29, 1.82) is 0 Å². The van der Waals surface area contributed by atoms with E-state index in [1.54, 1.807) is 28.2 Å². The fourth-order valence-electron chi connectivity index (χ4n) is 4.52. The highest BCUT2D eigenvalue weighted by Gasteiger charge is 2.48. The average Bonchev–Trinajstić information content (AvgIpc) is 3.44. The molecule has 2 N–H and O–H groups in total. The third kappa shape index (κ3) is 2.67. The van der Waals surface area contributed by atoms with Gasteiger partial charge in [-0.15, -0.1) is 0 Å². The molecule has 0 aliphatic carbocycles. The van der Waals surface area contributed by atoms with Gasteiger partial charge in [-0.05, 0) is 6.42 Å². The standard InChI is InChI=1S/C18H21N7O3/c26-16-8-14-13(23(16)4-1-11-9-19-10-21-11)2-5-24(14)18(28)12-7-15-17(27)20-3-6-25(15)22-12/h7,9-10,13-14H,1-6,8H2,(H,19,21)(H,20,27)/t13-,14-/m0/s1. The Balaban J connectivity index is 1.31. The number of carbonyl (C=O) groups excluding carboxylic acids is 3. The summed E-state index contributed by atoms with van der Waals surface area (Å²) in [7, 11) is 0. The van der Waals surface area contributed by atoms with Gasteiger partial charge in [-0.3, -0.25) is 19.1 Å². The summed E-state index contributed by atoms with van der Waals surface area (Å²) in [6.45, 7) is 2.27. The zero-order valence-corrected chi connectivity index (χ0v) is 15.3. The van der Waals surface area contributed by atoms with Crippen LogP contribution in [0.25, 0.3) is 0 Å². The SMILES string of the molecule is O=C1NCCn2nc(C(=O)N3CC[C@H]4[C@@H]3CC(=O)N4CCc3cnc[nH]3)cc21. The van der Waals surface area contributed by atoms with E-state index in [0.717, 1.165) is 12.1 Å². The highest BCUT2D eigenvalue weighted by Crippen LogP contribution is 2.33. The molecule has 0 aromatic carbocycles. The Hall–Kier alpha value is -3.17. The molecule has 0 radical (unpaired) electrons. The van der Waals surface area contributed by atoms with E-state index in [-0.39, 0.29) is 35.5 Å². The molecular weight excluding hydrogens is 362 g/mol. The third-order valence-electron chi connectivity index (χ3n) is 5.89. The molecule has 10 nitrogen and oxygen atoms in total. The first-order valence-corrected chi connectivity index (χ1v) is 9.55. The van der Waals surface area contributed by atoms with Crippen molar-refractivity contribution in [1.82, 2.24) is 34.9 Å². The van der Waals surface area contributed by atoms with Crippen LogP contribution < -0.4 is 5.32 Å². The number of nitrogens with zero attached hydrogens (tertiary/aromatic N) is 5. The first-order valence-electron chi connectivity index (χ1n) is 9.55. The van der Waals surface area contributed by atoms with Crippen molar-refractivity contribution in [2.75, 3.05) is 19.6 Å². The normalized spacial score (nSPS) is 23.7. The van der Waals surface area contributed by atoms with E-state index in [4.69, 9.17) is 0 Å². The Kier molecular flexibility index (Phi) is 3.92. The molecule has 3 aliphatic heterocycles. The van der Waals surface area contributed by atoms with Crippen LogP contribution in [-0.2, 0) is 17.8 Å². The lowest BCUT2D eigenvalue weighted by molar-refractivity contribution is -0.129. The number of amides is 3. The number of nitrogens with one attached hydrogen (secondary N) is 2. The van der Waals surface area contributed by atoms with Crippen LogP contribution in [0.2, 0.25) is 0 Å². The molecule has 0 bridgehead atoms. The van der Waals surface area contributed by atoms with Gasteiger partial charge in [-0.1, -0.05) is 0 Å². The van der Waals surface area contributed by atoms with E-state index in [2.05, 4.69) is 20.4 Å². The Bertz CT molecular complexity index is 935. The molecule has 2 atom stereocenters. The average molecular weight is 383 g/mol. The van der Waals surface area contributed by atoms with Gasteiger partial charge in [0.2, 0.25) is 5.91 Å². The Morgan fingerprint density at radius 2 is 2.14 bits per heavy atom. The number of hydrogen-bond acceptors (Lipinski definition) is 5. The third-order valence-corrected chi connectivity index (χ3v) is 5.89. The first kappa shape index (κ1) is 17.0. The molecule has 10 heteroatoms. The van der Waals surface area contributed by atoms with Crippen LogP contribution in [0, 0.1) is 0 Å². The Labute approximate surface area is 160 Å². The number of rotatable bonds is 4. The minimum Gasteiger partial charge on any atom is -0.349 e. The molecule has 3 aliphatic rings. The highest BCUT2D eigenvalue weighted by atomic mass is 16.2. The Morgan fingerprint density at radius 1 is 1.25 bits per heavy atom. The molecule has 2 aromatic heterocycles. The maximum atomic E-state index is 13.0. The van der Waals surface area contributed by atoms with Crippen LogP contribution in [-0.4, -0.2) is 79.0 Å². The second-order valence-corrected chi connectivity index (χ2v) is 7.43. The largest absolute Gasteiger partial charge is 0.349 e. The van der Waals surface area contributed by atoms with Gasteiger partial charge in [0, 0.05) is 50.4 Å². The maximum Gasteiger partial charge on any atom is 0.274 e. The summed E-state index contributed by atoms with van der Waals surface area (Å²) in [5, 5.41) is 7.07. The summed E-state index contributed by atoms with van der Waals surface area (Å²) in [5.74, 6) is -0.334. The minimum absolute atomic E-state index is 0.0416. The van der Waals surface area contributed by atoms with E-state index in [1.807, 2.05) is 4.90 Å². The van der Waals surface area contributed by atoms with Crippen molar-refractivity contribution >= 4 is 17.7 Å². The summed E-state index contributed by atoms with van der Waals surface area (Å²) in [4.78, 5) is 48.2. The van der Waals surface area contributed by atoms with Gasteiger partial charge in [0.15, 0.2) is 5.69 Å². The van der Waals surface area contributed by atoms with Gasteiger partial charge in [-0.25, -0.2) is 4.98 Å². The lowest BCUT2D eigenvalue weighted by Gasteiger charge is -2.25. The molecule has 0 unspecified atom stereocenters. The van der Waals surface area contributed by atoms with Crippen LogP contribution >= 0.6 is 0 Å². The second kappa shape index (κ2) is 6.47. The summed E-state index contributed by atoms with van der Waals surface area (Å²) >= 11 is 0. The van der Waals surface area contributed by atoms with E-state index < -0.39 is 0 Å². The number of likely N-dealkylation sites (tertiary alicyclic amines) is 2. The topological polar surface area (TPSA) is 116 Å². The predicted molar refractivity (Wildman–Crippen MR) is 96.4 cm³/mol. The van der Waals surface area contributed by atoms with Crippen molar-refractivity contribution in [3.05, 3.63) is 35.7 Å². The molecule has 5 rings (SSSR count). The smallest absolute Gasteiger partial charge is 0.274 e. The number of imidazole rings is 1. The van der Waals surface area contributed by atoms with Crippen molar-refractivity contribution < 1.29 is 14.4 Å². The lowest BCUT2D eigenvalue weighted by atomic mass is 10.1. The number of H-pyrrole nitrogens is 1. The fourth-order valence-corrected chi connectivity index (χ4v) is 4.52. The molecule has 2 aromatic rings. The maximum absolute atomic E-state index is 13.0. The van der Waals surface area contributed by atoms with Gasteiger partial charge in [-0.2, -0.15) is 5.10 Å². The summed E-state index contributed by atoms with van der Waals surface area (Å²) in [6, 6.07) is 1.46. The zero-order valence-electron chi connectivity index (χ0n) is 15.3. The van der Waals surface area contributed by atoms with E-state index in [1.165, 1.54) is 0 Å². The quantitative estimate of drug-likeness (QED) is 0.732. The van der Waals surface area contributed by atoms with E-state index in [9.17, 15) is 14.4 Å². The monoisotopic (exact) mass is 383 g/mol. The molecule has 2 saturated heterocycles. The van der Waals surface area contributed by atoms with Crippen LogP contribution in [0.15, 0.2) is 18.6 Å². The van der Waals surface area contributed by atoms with Gasteiger partial charge < -0.3 is 20.1 Å². The van der Waals surface area contributed by atoms with Crippen molar-refractivity contribution in [2.45, 2.75) is 37.9 Å². The molecule has 2 fully saturated rings. The van der Waals surface area contributed by atoms with Crippen LogP contribution in [0.1, 0.15) is 39.5 Å². The van der Waals surface area contributed by atoms with E-state index in [0.29, 0.717) is 44.7 Å². The number of carbonyl (C=O) groups is 3. The zero-order chi connectivity index (χ0) is 19.3. The summed E-state index contributed by atoms with van der Waals surface area (Å²) in [6.07, 6.45) is 5.21. The lowest BCUT2D eigenvalue weighted by Crippen LogP contribution is -2.40. The van der Waals surface area contributed by atoms with Crippen molar-refractivity contribution in [3.63, 3.8) is 0 Å². The Morgan fingerprint density at radius 3 is 2.93 bits per heavy atom. The molecule has 146 valence electrons. The van der Waals surface area contributed by atoms with Crippen LogP contribution in [0.5, 0.6) is 0 Å². The van der Waals surface area contributed by atoms with Crippen LogP contribution in [0.4, 0.5) is 0 Å². The number of aromatic nitrogens is 4.